The topological polar surface area (TPSA) is 37.8 Å². The number of fused-ring (bicyclic) bond motifs is 1. The molecule has 18 heavy (non-hydrogen) atoms. The third kappa shape index (κ3) is 1.93. The van der Waals surface area contributed by atoms with Crippen molar-refractivity contribution in [3.63, 3.8) is 0 Å². The second-order valence-corrected chi connectivity index (χ2v) is 4.62. The fraction of sp³-hybridized carbons (Fsp3) is 0.0714. The molecule has 0 atom stereocenters. The Morgan fingerprint density at radius 1 is 1.11 bits per heavy atom. The van der Waals surface area contributed by atoms with Gasteiger partial charge in [-0.15, -0.1) is 0 Å². The number of hydrogen-bond donors (Lipinski definition) is 1. The average Bonchev–Trinajstić information content (AvgIpc) is 2.68. The predicted molar refractivity (Wildman–Crippen MR) is 73.1 cm³/mol. The van der Waals surface area contributed by atoms with Crippen molar-refractivity contribution in [2.24, 2.45) is 0 Å². The third-order valence-electron chi connectivity index (χ3n) is 2.90. The SMILES string of the molecule is O=c1c2cc(Cl)ccc2[nH]n1Cc1ccccc1. The molecule has 1 N–H and O–H groups in total. The summed E-state index contributed by atoms with van der Waals surface area (Å²) in [6, 6.07) is 15.1. The average molecular weight is 259 g/mol. The second kappa shape index (κ2) is 4.35. The number of halogens is 1. The lowest BCUT2D eigenvalue weighted by atomic mass is 10.2. The molecule has 0 unspecified atom stereocenters. The van der Waals surface area contributed by atoms with Crippen LogP contribution in [0.4, 0.5) is 0 Å². The molecule has 0 aliphatic heterocycles. The Kier molecular flexibility index (Phi) is 2.68. The van der Waals surface area contributed by atoms with Crippen molar-refractivity contribution in [3.05, 3.63) is 69.5 Å². The van der Waals surface area contributed by atoms with Gasteiger partial charge in [-0.05, 0) is 23.8 Å². The van der Waals surface area contributed by atoms with Crippen LogP contribution in [0, 0.1) is 0 Å². The maximum absolute atomic E-state index is 12.2. The summed E-state index contributed by atoms with van der Waals surface area (Å²) in [6.07, 6.45) is 0. The summed E-state index contributed by atoms with van der Waals surface area (Å²) in [5, 5.41) is 4.28. The zero-order valence-electron chi connectivity index (χ0n) is 9.56. The molecule has 0 fully saturated rings. The molecule has 1 heterocycles. The number of H-pyrrole nitrogens is 1. The largest absolute Gasteiger partial charge is 0.295 e. The van der Waals surface area contributed by atoms with Gasteiger partial charge in [0.1, 0.15) is 0 Å². The molecule has 0 radical (unpaired) electrons. The maximum Gasteiger partial charge on any atom is 0.274 e. The van der Waals surface area contributed by atoms with Crippen molar-refractivity contribution in [2.75, 3.05) is 0 Å². The summed E-state index contributed by atoms with van der Waals surface area (Å²) in [5.41, 5.74) is 1.84. The molecule has 0 saturated carbocycles. The van der Waals surface area contributed by atoms with Crippen molar-refractivity contribution in [2.45, 2.75) is 6.54 Å². The van der Waals surface area contributed by atoms with Gasteiger partial charge in [0.25, 0.3) is 5.56 Å². The van der Waals surface area contributed by atoms with E-state index in [0.29, 0.717) is 17.0 Å². The first-order valence-corrected chi connectivity index (χ1v) is 6.04. The number of aromatic amines is 1. The van der Waals surface area contributed by atoms with Gasteiger partial charge < -0.3 is 0 Å². The van der Waals surface area contributed by atoms with Crippen molar-refractivity contribution < 1.29 is 0 Å². The van der Waals surface area contributed by atoms with Crippen LogP contribution in [-0.2, 0) is 6.54 Å². The number of aromatic nitrogens is 2. The molecule has 0 bridgehead atoms. The number of nitrogens with zero attached hydrogens (tertiary/aromatic N) is 1. The first-order valence-electron chi connectivity index (χ1n) is 5.66. The summed E-state index contributed by atoms with van der Waals surface area (Å²) in [4.78, 5) is 12.2. The molecule has 0 amide bonds. The zero-order valence-corrected chi connectivity index (χ0v) is 10.3. The van der Waals surface area contributed by atoms with E-state index in [1.807, 2.05) is 36.4 Å². The normalized spacial score (nSPS) is 10.9. The van der Waals surface area contributed by atoms with Gasteiger partial charge in [0, 0.05) is 5.02 Å². The van der Waals surface area contributed by atoms with Crippen molar-refractivity contribution in [3.8, 4) is 0 Å². The molecule has 4 heteroatoms. The van der Waals surface area contributed by atoms with Crippen LogP contribution in [0.3, 0.4) is 0 Å². The molecule has 0 saturated heterocycles. The van der Waals surface area contributed by atoms with Crippen LogP contribution in [-0.4, -0.2) is 9.78 Å². The van der Waals surface area contributed by atoms with E-state index in [-0.39, 0.29) is 5.56 Å². The van der Waals surface area contributed by atoms with Gasteiger partial charge in [0.05, 0.1) is 17.4 Å². The molecule has 3 nitrogen and oxygen atoms in total. The predicted octanol–water partition coefficient (Wildman–Crippen LogP) is 3.03. The van der Waals surface area contributed by atoms with Gasteiger partial charge in [-0.1, -0.05) is 41.9 Å². The minimum absolute atomic E-state index is 0.0450. The third-order valence-corrected chi connectivity index (χ3v) is 3.13. The highest BCUT2D eigenvalue weighted by atomic mass is 35.5. The summed E-state index contributed by atoms with van der Waals surface area (Å²) in [6.45, 7) is 0.534. The summed E-state index contributed by atoms with van der Waals surface area (Å²) in [5.74, 6) is 0. The number of hydrogen-bond acceptors (Lipinski definition) is 1. The molecular weight excluding hydrogens is 248 g/mol. The Labute approximate surface area is 109 Å². The molecule has 0 aliphatic carbocycles. The minimum Gasteiger partial charge on any atom is -0.295 e. The van der Waals surface area contributed by atoms with Gasteiger partial charge in [-0.25, -0.2) is 4.68 Å². The van der Waals surface area contributed by atoms with Gasteiger partial charge >= 0.3 is 0 Å². The highest BCUT2D eigenvalue weighted by Crippen LogP contribution is 2.15. The maximum atomic E-state index is 12.2. The second-order valence-electron chi connectivity index (χ2n) is 4.18. The number of nitrogens with one attached hydrogen (secondary N) is 1. The van der Waals surface area contributed by atoms with E-state index in [4.69, 9.17) is 11.6 Å². The molecule has 0 spiro atoms. The van der Waals surface area contributed by atoms with Crippen LogP contribution in [0.2, 0.25) is 5.02 Å². The van der Waals surface area contributed by atoms with Crippen LogP contribution in [0.5, 0.6) is 0 Å². The van der Waals surface area contributed by atoms with E-state index in [9.17, 15) is 4.79 Å². The van der Waals surface area contributed by atoms with Gasteiger partial charge in [0.15, 0.2) is 0 Å². The fourth-order valence-corrected chi connectivity index (χ4v) is 2.18. The van der Waals surface area contributed by atoms with Gasteiger partial charge in [0.2, 0.25) is 0 Å². The van der Waals surface area contributed by atoms with Gasteiger partial charge in [-0.2, -0.15) is 0 Å². The summed E-state index contributed by atoms with van der Waals surface area (Å²) < 4.78 is 1.59. The van der Waals surface area contributed by atoms with Crippen molar-refractivity contribution >= 4 is 22.5 Å². The first kappa shape index (κ1) is 11.1. The lowest BCUT2D eigenvalue weighted by molar-refractivity contribution is 0.672. The Morgan fingerprint density at radius 3 is 2.67 bits per heavy atom. The van der Waals surface area contributed by atoms with E-state index >= 15 is 0 Å². The molecule has 90 valence electrons. The lowest BCUT2D eigenvalue weighted by Crippen LogP contribution is -2.17. The highest BCUT2D eigenvalue weighted by molar-refractivity contribution is 6.31. The van der Waals surface area contributed by atoms with Gasteiger partial charge in [-0.3, -0.25) is 9.89 Å². The zero-order chi connectivity index (χ0) is 12.5. The summed E-state index contributed by atoms with van der Waals surface area (Å²) >= 11 is 5.90. The van der Waals surface area contributed by atoms with Crippen LogP contribution in [0.25, 0.3) is 10.9 Å². The summed E-state index contributed by atoms with van der Waals surface area (Å²) in [7, 11) is 0. The highest BCUT2D eigenvalue weighted by Gasteiger charge is 2.07. The van der Waals surface area contributed by atoms with Crippen LogP contribution < -0.4 is 5.56 Å². The molecule has 2 aromatic carbocycles. The standard InChI is InChI=1S/C14H11ClN2O/c15-11-6-7-13-12(8-11)14(18)17(16-13)9-10-4-2-1-3-5-10/h1-8,16H,9H2. The lowest BCUT2D eigenvalue weighted by Gasteiger charge is -2.00. The minimum atomic E-state index is -0.0450. The van der Waals surface area contributed by atoms with Crippen molar-refractivity contribution in [1.82, 2.24) is 9.78 Å². The Bertz CT molecular complexity index is 743. The molecule has 3 aromatic rings. The number of rotatable bonds is 2. The fourth-order valence-electron chi connectivity index (χ4n) is 2.01. The monoisotopic (exact) mass is 258 g/mol. The van der Waals surface area contributed by atoms with E-state index in [2.05, 4.69) is 5.10 Å². The molecule has 3 rings (SSSR count). The molecule has 0 aliphatic rings. The molecular formula is C14H11ClN2O. The Morgan fingerprint density at radius 2 is 1.89 bits per heavy atom. The molecule has 1 aromatic heterocycles. The van der Waals surface area contributed by atoms with E-state index in [0.717, 1.165) is 11.1 Å². The quantitative estimate of drug-likeness (QED) is 0.754. The van der Waals surface area contributed by atoms with Crippen molar-refractivity contribution in [1.29, 1.82) is 0 Å². The van der Waals surface area contributed by atoms with E-state index in [1.54, 1.807) is 16.8 Å². The Hall–Kier alpha value is -2.00. The Balaban J connectivity index is 2.08. The van der Waals surface area contributed by atoms with E-state index < -0.39 is 0 Å². The van der Waals surface area contributed by atoms with Crippen LogP contribution >= 0.6 is 11.6 Å². The first-order chi connectivity index (χ1) is 8.74. The van der Waals surface area contributed by atoms with E-state index in [1.165, 1.54) is 0 Å². The van der Waals surface area contributed by atoms with Crippen LogP contribution in [0.1, 0.15) is 5.56 Å². The van der Waals surface area contributed by atoms with Crippen LogP contribution in [0.15, 0.2) is 53.3 Å². The number of benzene rings is 2. The smallest absolute Gasteiger partial charge is 0.274 e.